The van der Waals surface area contributed by atoms with Gasteiger partial charge in [0.05, 0.1) is 38.6 Å². The third-order valence-electron chi connectivity index (χ3n) is 16.4. The van der Waals surface area contributed by atoms with Crippen molar-refractivity contribution in [3.63, 3.8) is 0 Å². The molecule has 0 aliphatic carbocycles. The zero-order chi connectivity index (χ0) is 61.2. The number of ether oxygens (including phenoxy) is 6. The standard InChI is InChI=1S/C65H117NO18/c1-3-5-7-9-11-13-15-17-19-21-23-24-25-27-29-31-33-35-37-39-41-43-53(71)66-48(49(70)42-40-38-36-34-32-30-28-26-22-20-18-16-14-12-10-8-6-4-2)47-79-63-59(77)56(74)61(51(45-68)81-63)84-65-60(78)57(75)62(52(46-69)82-65)83-64-58(76)55(73)54(72)50(44-67)80-64/h15,17,21,23,25,27,40,42,48-52,54-65,67-70,72-78H,3-14,16,18-20,22,24,26,28-39,41,43-47H2,1-2H3,(H,66,71)/b17-15-,23-21-,27-25-,42-40+. The zero-order valence-electron chi connectivity index (χ0n) is 51.4. The minimum atomic E-state index is -1.98. The number of hydrogen-bond acceptors (Lipinski definition) is 18. The van der Waals surface area contributed by atoms with Crippen LogP contribution >= 0.6 is 0 Å². The van der Waals surface area contributed by atoms with Crippen molar-refractivity contribution in [3.8, 4) is 0 Å². The van der Waals surface area contributed by atoms with Crippen LogP contribution in [0, 0.1) is 0 Å². The maximum atomic E-state index is 13.4. The summed E-state index contributed by atoms with van der Waals surface area (Å²) in [6.45, 7) is 1.71. The Morgan fingerprint density at radius 3 is 1.23 bits per heavy atom. The van der Waals surface area contributed by atoms with Crippen LogP contribution in [0.3, 0.4) is 0 Å². The number of rotatable bonds is 49. The molecular formula is C65H117NO18. The van der Waals surface area contributed by atoms with Gasteiger partial charge in [-0.2, -0.15) is 0 Å². The number of allylic oxidation sites excluding steroid dienone is 7. The van der Waals surface area contributed by atoms with Gasteiger partial charge in [0, 0.05) is 6.42 Å². The predicted octanol–water partition coefficient (Wildman–Crippen LogP) is 7.43. The van der Waals surface area contributed by atoms with E-state index in [1.165, 1.54) is 122 Å². The fourth-order valence-electron chi connectivity index (χ4n) is 11.0. The van der Waals surface area contributed by atoms with Gasteiger partial charge in [-0.15, -0.1) is 0 Å². The number of amides is 1. The first-order valence-corrected chi connectivity index (χ1v) is 32.9. The lowest BCUT2D eigenvalue weighted by atomic mass is 9.96. The van der Waals surface area contributed by atoms with Crippen LogP contribution in [-0.2, 0) is 33.2 Å². The van der Waals surface area contributed by atoms with E-state index in [4.69, 9.17) is 28.4 Å². The van der Waals surface area contributed by atoms with E-state index in [1.807, 2.05) is 6.08 Å². The Hall–Kier alpha value is -2.25. The highest BCUT2D eigenvalue weighted by Crippen LogP contribution is 2.33. The molecule has 17 atom stereocenters. The predicted molar refractivity (Wildman–Crippen MR) is 323 cm³/mol. The molecule has 84 heavy (non-hydrogen) atoms. The average Bonchev–Trinajstić information content (AvgIpc) is 2.76. The zero-order valence-corrected chi connectivity index (χ0v) is 51.4. The second-order valence-corrected chi connectivity index (χ2v) is 23.6. The Balaban J connectivity index is 1.48. The van der Waals surface area contributed by atoms with E-state index in [0.717, 1.165) is 77.0 Å². The summed E-state index contributed by atoms with van der Waals surface area (Å²) in [6.07, 6.45) is 27.9. The van der Waals surface area contributed by atoms with Crippen molar-refractivity contribution in [1.82, 2.24) is 5.32 Å². The highest BCUT2D eigenvalue weighted by Gasteiger charge is 2.53. The fourth-order valence-corrected chi connectivity index (χ4v) is 11.0. The summed E-state index contributed by atoms with van der Waals surface area (Å²) >= 11 is 0. The van der Waals surface area contributed by atoms with Crippen LogP contribution in [0.15, 0.2) is 48.6 Å². The molecule has 19 heteroatoms. The van der Waals surface area contributed by atoms with E-state index in [9.17, 15) is 61.0 Å². The number of aliphatic hydroxyl groups excluding tert-OH is 11. The third kappa shape index (κ3) is 30.3. The summed E-state index contributed by atoms with van der Waals surface area (Å²) in [5.41, 5.74) is 0. The molecule has 3 fully saturated rings. The molecule has 1 amide bonds. The van der Waals surface area contributed by atoms with E-state index in [2.05, 4.69) is 55.6 Å². The normalized spacial score (nSPS) is 29.5. The van der Waals surface area contributed by atoms with Gasteiger partial charge < -0.3 is 89.9 Å². The molecule has 3 heterocycles. The molecule has 3 aliphatic rings. The Morgan fingerprint density at radius 2 is 0.786 bits per heavy atom. The molecule has 0 saturated carbocycles. The van der Waals surface area contributed by atoms with Gasteiger partial charge in [-0.25, -0.2) is 0 Å². The Morgan fingerprint density at radius 1 is 0.429 bits per heavy atom. The van der Waals surface area contributed by atoms with Crippen molar-refractivity contribution in [3.05, 3.63) is 48.6 Å². The SMILES string of the molecule is CCCCCCC/C=C\C/C=C\C/C=C\CCCCCCCCC(=O)NC(COC1OC(CO)C(OC2OC(CO)C(OC3OC(CO)C(O)C(O)C3O)C(O)C2O)C(O)C1O)C(O)/C=C/CCCCCCCCCCCCCCCCCC. The van der Waals surface area contributed by atoms with E-state index < -0.39 is 124 Å². The van der Waals surface area contributed by atoms with Crippen molar-refractivity contribution in [2.24, 2.45) is 0 Å². The number of nitrogens with one attached hydrogen (secondary N) is 1. The topological polar surface area (TPSA) is 307 Å². The molecule has 19 nitrogen and oxygen atoms in total. The maximum absolute atomic E-state index is 13.4. The molecule has 0 spiro atoms. The van der Waals surface area contributed by atoms with Gasteiger partial charge in [0.25, 0.3) is 0 Å². The Bertz CT molecular complexity index is 1720. The van der Waals surface area contributed by atoms with Gasteiger partial charge in [0.2, 0.25) is 5.91 Å². The molecule has 12 N–H and O–H groups in total. The smallest absolute Gasteiger partial charge is 0.220 e. The first-order chi connectivity index (χ1) is 40.8. The molecule has 0 bridgehead atoms. The second-order valence-electron chi connectivity index (χ2n) is 23.6. The third-order valence-corrected chi connectivity index (χ3v) is 16.4. The minimum absolute atomic E-state index is 0.228. The Labute approximate surface area is 503 Å². The summed E-state index contributed by atoms with van der Waals surface area (Å²) in [4.78, 5) is 13.4. The van der Waals surface area contributed by atoms with E-state index in [0.29, 0.717) is 6.42 Å². The number of carbonyl (C=O) groups excluding carboxylic acids is 1. The lowest BCUT2D eigenvalue weighted by molar-refractivity contribution is -0.379. The van der Waals surface area contributed by atoms with Crippen LogP contribution in [0.1, 0.15) is 226 Å². The fraction of sp³-hybridized carbons (Fsp3) is 0.862. The molecule has 17 unspecified atom stereocenters. The van der Waals surface area contributed by atoms with Gasteiger partial charge in [-0.3, -0.25) is 4.79 Å². The van der Waals surface area contributed by atoms with E-state index in [1.54, 1.807) is 6.08 Å². The molecule has 3 aliphatic heterocycles. The average molecular weight is 1200 g/mol. The molecule has 0 aromatic rings. The van der Waals surface area contributed by atoms with Crippen LogP contribution in [0.25, 0.3) is 0 Å². The molecule has 0 aromatic heterocycles. The van der Waals surface area contributed by atoms with E-state index >= 15 is 0 Å². The van der Waals surface area contributed by atoms with Crippen molar-refractivity contribution < 1.29 is 89.4 Å². The monoisotopic (exact) mass is 1200 g/mol. The number of aliphatic hydroxyl groups is 11. The highest BCUT2D eigenvalue weighted by molar-refractivity contribution is 5.76. The molecule has 3 rings (SSSR count). The van der Waals surface area contributed by atoms with Gasteiger partial charge in [0.1, 0.15) is 73.2 Å². The molecule has 0 aromatic carbocycles. The molecule has 490 valence electrons. The van der Waals surface area contributed by atoms with Crippen molar-refractivity contribution in [2.75, 3.05) is 26.4 Å². The first-order valence-electron chi connectivity index (χ1n) is 32.9. The van der Waals surface area contributed by atoms with Gasteiger partial charge in [0.15, 0.2) is 18.9 Å². The Kier molecular flexibility index (Phi) is 43.2. The van der Waals surface area contributed by atoms with Gasteiger partial charge in [-0.05, 0) is 57.8 Å². The number of carbonyl (C=O) groups is 1. The van der Waals surface area contributed by atoms with Crippen LogP contribution in [0.5, 0.6) is 0 Å². The second kappa shape index (κ2) is 47.7. The lowest BCUT2D eigenvalue weighted by Gasteiger charge is -2.48. The highest BCUT2D eigenvalue weighted by atomic mass is 16.8. The van der Waals surface area contributed by atoms with Crippen LogP contribution in [-0.4, -0.2) is 193 Å². The summed E-state index contributed by atoms with van der Waals surface area (Å²) in [7, 11) is 0. The van der Waals surface area contributed by atoms with Gasteiger partial charge >= 0.3 is 0 Å². The van der Waals surface area contributed by atoms with E-state index in [-0.39, 0.29) is 18.9 Å². The largest absolute Gasteiger partial charge is 0.394 e. The molecule has 3 saturated heterocycles. The van der Waals surface area contributed by atoms with Crippen molar-refractivity contribution in [2.45, 2.75) is 330 Å². The summed E-state index contributed by atoms with van der Waals surface area (Å²) in [6, 6.07) is -0.981. The lowest BCUT2D eigenvalue weighted by Crippen LogP contribution is -2.66. The quantitative estimate of drug-likeness (QED) is 0.0208. The van der Waals surface area contributed by atoms with Crippen LogP contribution < -0.4 is 5.32 Å². The first kappa shape index (κ1) is 76.0. The number of unbranched alkanes of at least 4 members (excludes halogenated alkanes) is 27. The summed E-state index contributed by atoms with van der Waals surface area (Å²) in [5.74, 6) is -0.288. The molecular weight excluding hydrogens is 1080 g/mol. The minimum Gasteiger partial charge on any atom is -0.394 e. The number of hydrogen-bond donors (Lipinski definition) is 12. The van der Waals surface area contributed by atoms with Crippen LogP contribution in [0.2, 0.25) is 0 Å². The summed E-state index contributed by atoms with van der Waals surface area (Å²) < 4.78 is 34.3. The maximum Gasteiger partial charge on any atom is 0.220 e. The van der Waals surface area contributed by atoms with Crippen LogP contribution in [0.4, 0.5) is 0 Å². The van der Waals surface area contributed by atoms with Gasteiger partial charge in [-0.1, -0.05) is 210 Å². The molecule has 0 radical (unpaired) electrons. The van der Waals surface area contributed by atoms with Crippen molar-refractivity contribution >= 4 is 5.91 Å². The van der Waals surface area contributed by atoms with Crippen molar-refractivity contribution in [1.29, 1.82) is 0 Å². The summed E-state index contributed by atoms with van der Waals surface area (Å²) in [5, 5.41) is 120.